The highest BCUT2D eigenvalue weighted by molar-refractivity contribution is 6.32. The number of hydrogen-bond donors (Lipinski definition) is 2. The second-order valence-electron chi connectivity index (χ2n) is 7.30. The summed E-state index contributed by atoms with van der Waals surface area (Å²) < 4.78 is 0. The molecule has 0 saturated heterocycles. The first-order chi connectivity index (χ1) is 14.5. The van der Waals surface area contributed by atoms with Gasteiger partial charge < -0.3 is 10.4 Å². The average molecular weight is 437 g/mol. The van der Waals surface area contributed by atoms with E-state index in [4.69, 9.17) is 28.2 Å². The van der Waals surface area contributed by atoms with Crippen molar-refractivity contribution in [3.63, 3.8) is 0 Å². The van der Waals surface area contributed by atoms with E-state index < -0.39 is 6.10 Å². The Bertz CT molecular complexity index is 1160. The van der Waals surface area contributed by atoms with E-state index in [0.29, 0.717) is 23.1 Å². The van der Waals surface area contributed by atoms with Crippen molar-refractivity contribution in [3.05, 3.63) is 99.5 Å². The molecule has 1 atom stereocenters. The topological polar surface area (TPSA) is 45.1 Å². The third-order valence-electron chi connectivity index (χ3n) is 5.21. The zero-order valence-corrected chi connectivity index (χ0v) is 18.1. The van der Waals surface area contributed by atoms with E-state index in [1.165, 1.54) is 5.56 Å². The maximum absolute atomic E-state index is 11.0. The summed E-state index contributed by atoms with van der Waals surface area (Å²) in [7, 11) is 0. The second-order valence-corrected chi connectivity index (χ2v) is 8.15. The van der Waals surface area contributed by atoms with Gasteiger partial charge in [-0.3, -0.25) is 0 Å². The lowest BCUT2D eigenvalue weighted by atomic mass is 9.98. The zero-order chi connectivity index (χ0) is 21.1. The summed E-state index contributed by atoms with van der Waals surface area (Å²) in [6, 6.07) is 23.4. The molecule has 0 bridgehead atoms. The Morgan fingerprint density at radius 1 is 0.967 bits per heavy atom. The summed E-state index contributed by atoms with van der Waals surface area (Å²) in [6.45, 7) is 3.07. The van der Waals surface area contributed by atoms with E-state index in [1.54, 1.807) is 0 Å². The van der Waals surface area contributed by atoms with E-state index in [0.717, 1.165) is 33.3 Å². The molecular weight excluding hydrogens is 415 g/mol. The predicted octanol–water partition coefficient (Wildman–Crippen LogP) is 6.34. The SMILES string of the molecule is Cc1c(Cl)ccc2c([C@@H](O)CNCc3ccccc3)cc(-c3ccc(Cl)cc3)nc12. The van der Waals surface area contributed by atoms with Gasteiger partial charge in [-0.05, 0) is 47.9 Å². The molecule has 0 fully saturated rings. The fourth-order valence-electron chi connectivity index (χ4n) is 3.53. The summed E-state index contributed by atoms with van der Waals surface area (Å²) in [5.41, 5.74) is 5.41. The molecule has 5 heteroatoms. The molecule has 4 rings (SSSR count). The van der Waals surface area contributed by atoms with Crippen LogP contribution in [-0.4, -0.2) is 16.6 Å². The Labute approximate surface area is 186 Å². The molecule has 0 saturated carbocycles. The van der Waals surface area contributed by atoms with Crippen LogP contribution in [0.2, 0.25) is 10.0 Å². The van der Waals surface area contributed by atoms with E-state index in [9.17, 15) is 5.11 Å². The maximum Gasteiger partial charge on any atom is 0.0921 e. The number of pyridine rings is 1. The molecular formula is C25H22Cl2N2O. The van der Waals surface area contributed by atoms with E-state index in [2.05, 4.69) is 17.4 Å². The summed E-state index contributed by atoms with van der Waals surface area (Å²) in [5, 5.41) is 16.6. The van der Waals surface area contributed by atoms with E-state index >= 15 is 0 Å². The van der Waals surface area contributed by atoms with Crippen LogP contribution in [0, 0.1) is 6.92 Å². The first kappa shape index (κ1) is 20.8. The summed E-state index contributed by atoms with van der Waals surface area (Å²) >= 11 is 12.4. The molecule has 1 aromatic heterocycles. The van der Waals surface area contributed by atoms with Gasteiger partial charge >= 0.3 is 0 Å². The number of aliphatic hydroxyl groups is 1. The minimum Gasteiger partial charge on any atom is -0.387 e. The Morgan fingerprint density at radius 3 is 2.43 bits per heavy atom. The van der Waals surface area contributed by atoms with Gasteiger partial charge in [0.15, 0.2) is 0 Å². The average Bonchev–Trinajstić information content (AvgIpc) is 2.77. The summed E-state index contributed by atoms with van der Waals surface area (Å²) in [4.78, 5) is 4.85. The van der Waals surface area contributed by atoms with Crippen LogP contribution in [0.4, 0.5) is 0 Å². The van der Waals surface area contributed by atoms with Crippen LogP contribution in [0.15, 0.2) is 72.8 Å². The van der Waals surface area contributed by atoms with Gasteiger partial charge in [-0.15, -0.1) is 0 Å². The Balaban J connectivity index is 1.69. The molecule has 0 radical (unpaired) electrons. The number of hydrogen-bond acceptors (Lipinski definition) is 3. The van der Waals surface area contributed by atoms with Crippen LogP contribution >= 0.6 is 23.2 Å². The molecule has 4 aromatic rings. The van der Waals surface area contributed by atoms with Gasteiger partial charge in [0.1, 0.15) is 0 Å². The second kappa shape index (κ2) is 9.15. The molecule has 3 aromatic carbocycles. The molecule has 0 spiro atoms. The minimum absolute atomic E-state index is 0.426. The highest BCUT2D eigenvalue weighted by Gasteiger charge is 2.17. The molecule has 0 aliphatic heterocycles. The third-order valence-corrected chi connectivity index (χ3v) is 5.87. The van der Waals surface area contributed by atoms with Gasteiger partial charge in [-0.25, -0.2) is 4.98 Å². The first-order valence-electron chi connectivity index (χ1n) is 9.81. The van der Waals surface area contributed by atoms with Gasteiger partial charge in [-0.2, -0.15) is 0 Å². The number of nitrogens with one attached hydrogen (secondary N) is 1. The number of fused-ring (bicyclic) bond motifs is 1. The summed E-state index contributed by atoms with van der Waals surface area (Å²) in [5.74, 6) is 0. The Hall–Kier alpha value is -2.43. The van der Waals surface area contributed by atoms with Crippen molar-refractivity contribution >= 4 is 34.1 Å². The molecule has 2 N–H and O–H groups in total. The van der Waals surface area contributed by atoms with Crippen molar-refractivity contribution in [1.29, 1.82) is 0 Å². The minimum atomic E-state index is -0.689. The number of aromatic nitrogens is 1. The zero-order valence-electron chi connectivity index (χ0n) is 16.6. The van der Waals surface area contributed by atoms with Crippen molar-refractivity contribution in [2.45, 2.75) is 19.6 Å². The molecule has 0 amide bonds. The van der Waals surface area contributed by atoms with Gasteiger partial charge in [0.05, 0.1) is 17.3 Å². The fourth-order valence-corrected chi connectivity index (χ4v) is 3.81. The van der Waals surface area contributed by atoms with Crippen molar-refractivity contribution in [1.82, 2.24) is 10.3 Å². The molecule has 152 valence electrons. The van der Waals surface area contributed by atoms with Crippen molar-refractivity contribution in [2.24, 2.45) is 0 Å². The van der Waals surface area contributed by atoms with Crippen molar-refractivity contribution < 1.29 is 5.11 Å². The van der Waals surface area contributed by atoms with Crippen LogP contribution in [0.3, 0.4) is 0 Å². The Morgan fingerprint density at radius 2 is 1.70 bits per heavy atom. The number of halogens is 2. The smallest absolute Gasteiger partial charge is 0.0921 e. The highest BCUT2D eigenvalue weighted by atomic mass is 35.5. The van der Waals surface area contributed by atoms with Gasteiger partial charge in [0, 0.05) is 34.1 Å². The predicted molar refractivity (Wildman–Crippen MR) is 125 cm³/mol. The van der Waals surface area contributed by atoms with Crippen LogP contribution in [0.25, 0.3) is 22.2 Å². The normalized spacial score (nSPS) is 12.3. The van der Waals surface area contributed by atoms with Gasteiger partial charge in [-0.1, -0.05) is 71.7 Å². The number of aliphatic hydroxyl groups excluding tert-OH is 1. The lowest BCUT2D eigenvalue weighted by Gasteiger charge is -2.17. The molecule has 30 heavy (non-hydrogen) atoms. The fraction of sp³-hybridized carbons (Fsp3) is 0.160. The van der Waals surface area contributed by atoms with Gasteiger partial charge in [0.2, 0.25) is 0 Å². The molecule has 3 nitrogen and oxygen atoms in total. The number of nitrogens with zero attached hydrogens (tertiary/aromatic N) is 1. The lowest BCUT2D eigenvalue weighted by molar-refractivity contribution is 0.176. The molecule has 0 aliphatic carbocycles. The monoisotopic (exact) mass is 436 g/mol. The number of rotatable bonds is 6. The first-order valence-corrected chi connectivity index (χ1v) is 10.6. The van der Waals surface area contributed by atoms with Crippen LogP contribution in [0.5, 0.6) is 0 Å². The van der Waals surface area contributed by atoms with E-state index in [-0.39, 0.29) is 0 Å². The maximum atomic E-state index is 11.0. The largest absolute Gasteiger partial charge is 0.387 e. The van der Waals surface area contributed by atoms with Crippen LogP contribution in [0.1, 0.15) is 22.8 Å². The van der Waals surface area contributed by atoms with Crippen molar-refractivity contribution in [2.75, 3.05) is 6.54 Å². The quantitative estimate of drug-likeness (QED) is 0.370. The Kier molecular flexibility index (Phi) is 6.35. The number of benzene rings is 3. The molecule has 0 unspecified atom stereocenters. The van der Waals surface area contributed by atoms with Crippen LogP contribution in [-0.2, 0) is 6.54 Å². The number of aryl methyl sites for hydroxylation is 1. The summed E-state index contributed by atoms with van der Waals surface area (Å²) in [6.07, 6.45) is -0.689. The highest BCUT2D eigenvalue weighted by Crippen LogP contribution is 2.33. The van der Waals surface area contributed by atoms with Crippen molar-refractivity contribution in [3.8, 4) is 11.3 Å². The lowest BCUT2D eigenvalue weighted by Crippen LogP contribution is -2.21. The van der Waals surface area contributed by atoms with Crippen LogP contribution < -0.4 is 5.32 Å². The molecule has 1 heterocycles. The standard InChI is InChI=1S/C25H22Cl2N2O/c1-16-22(27)12-11-20-21(24(30)15-28-14-17-5-3-2-4-6-17)13-23(29-25(16)20)18-7-9-19(26)10-8-18/h2-13,24,28,30H,14-15H2,1H3/t24-/m0/s1. The molecule has 0 aliphatic rings. The van der Waals surface area contributed by atoms with Gasteiger partial charge in [0.25, 0.3) is 0 Å². The van der Waals surface area contributed by atoms with E-state index in [1.807, 2.05) is 67.6 Å². The third kappa shape index (κ3) is 4.50.